The number of nitro benzene ring substituents is 1. The molecule has 6 nitrogen and oxygen atoms in total. The first-order valence-corrected chi connectivity index (χ1v) is 6.01. The minimum absolute atomic E-state index is 0.0345. The molecule has 0 radical (unpaired) electrons. The van der Waals surface area contributed by atoms with Crippen LogP contribution in [-0.4, -0.2) is 14.1 Å². The van der Waals surface area contributed by atoms with E-state index in [4.69, 9.17) is 0 Å². The van der Waals surface area contributed by atoms with Gasteiger partial charge in [0, 0.05) is 19.2 Å². The zero-order valence-electron chi connectivity index (χ0n) is 10.7. The van der Waals surface area contributed by atoms with Gasteiger partial charge in [-0.25, -0.2) is 4.79 Å². The summed E-state index contributed by atoms with van der Waals surface area (Å²) >= 11 is 0. The normalized spacial score (nSPS) is 10.8. The number of para-hydroxylation sites is 1. The summed E-state index contributed by atoms with van der Waals surface area (Å²) in [6, 6.07) is 13.5. The number of imidazole rings is 1. The molecule has 0 fully saturated rings. The lowest BCUT2D eigenvalue weighted by Crippen LogP contribution is -2.20. The molecular formula is C14H11N3O3. The van der Waals surface area contributed by atoms with Gasteiger partial charge in [-0.2, -0.15) is 0 Å². The van der Waals surface area contributed by atoms with Gasteiger partial charge in [-0.3, -0.25) is 19.2 Å². The van der Waals surface area contributed by atoms with Crippen molar-refractivity contribution in [1.29, 1.82) is 0 Å². The predicted molar refractivity (Wildman–Crippen MR) is 75.2 cm³/mol. The Balaban J connectivity index is 2.41. The lowest BCUT2D eigenvalue weighted by molar-refractivity contribution is -0.384. The highest BCUT2D eigenvalue weighted by molar-refractivity contribution is 5.80. The van der Waals surface area contributed by atoms with Crippen molar-refractivity contribution in [2.75, 3.05) is 0 Å². The van der Waals surface area contributed by atoms with Gasteiger partial charge in [0.25, 0.3) is 5.69 Å². The molecule has 3 aromatic rings. The Morgan fingerprint density at radius 2 is 1.75 bits per heavy atom. The Hall–Kier alpha value is -2.89. The highest BCUT2D eigenvalue weighted by Gasteiger charge is 2.15. The van der Waals surface area contributed by atoms with Gasteiger partial charge in [-0.05, 0) is 18.2 Å². The van der Waals surface area contributed by atoms with Gasteiger partial charge in [-0.15, -0.1) is 0 Å². The van der Waals surface area contributed by atoms with Crippen LogP contribution in [0.15, 0.2) is 53.3 Å². The fraction of sp³-hybridized carbons (Fsp3) is 0.0714. The van der Waals surface area contributed by atoms with Gasteiger partial charge in [0.15, 0.2) is 0 Å². The molecule has 0 spiro atoms. The second-order valence-corrected chi connectivity index (χ2v) is 4.44. The summed E-state index contributed by atoms with van der Waals surface area (Å²) in [4.78, 5) is 22.8. The Labute approximate surface area is 113 Å². The van der Waals surface area contributed by atoms with Crippen molar-refractivity contribution >= 4 is 16.7 Å². The number of hydrogen-bond donors (Lipinski definition) is 0. The van der Waals surface area contributed by atoms with Crippen LogP contribution >= 0.6 is 0 Å². The van der Waals surface area contributed by atoms with E-state index in [0.29, 0.717) is 16.7 Å². The lowest BCUT2D eigenvalue weighted by atomic mass is 10.2. The summed E-state index contributed by atoms with van der Waals surface area (Å²) in [5, 5.41) is 10.9. The van der Waals surface area contributed by atoms with E-state index in [0.717, 1.165) is 0 Å². The fourth-order valence-electron chi connectivity index (χ4n) is 2.27. The molecule has 2 aromatic carbocycles. The summed E-state index contributed by atoms with van der Waals surface area (Å²) in [5.41, 5.74) is 1.60. The van der Waals surface area contributed by atoms with E-state index < -0.39 is 4.92 Å². The molecule has 1 aromatic heterocycles. The lowest BCUT2D eigenvalue weighted by Gasteiger charge is -2.02. The number of aromatic nitrogens is 2. The second kappa shape index (κ2) is 4.34. The molecule has 0 bridgehead atoms. The highest BCUT2D eigenvalue weighted by atomic mass is 16.6. The van der Waals surface area contributed by atoms with E-state index in [2.05, 4.69) is 0 Å². The molecule has 0 atom stereocenters. The van der Waals surface area contributed by atoms with Crippen LogP contribution in [0.25, 0.3) is 16.7 Å². The number of hydrogen-bond acceptors (Lipinski definition) is 3. The average Bonchev–Trinajstić information content (AvgIpc) is 2.71. The van der Waals surface area contributed by atoms with E-state index in [1.807, 2.05) is 18.2 Å². The molecular weight excluding hydrogens is 258 g/mol. The van der Waals surface area contributed by atoms with Crippen molar-refractivity contribution in [2.45, 2.75) is 0 Å². The molecule has 0 unspecified atom stereocenters. The third kappa shape index (κ3) is 1.70. The summed E-state index contributed by atoms with van der Waals surface area (Å²) in [6.45, 7) is 0. The zero-order chi connectivity index (χ0) is 14.3. The van der Waals surface area contributed by atoms with Gasteiger partial charge in [-0.1, -0.05) is 18.2 Å². The first-order chi connectivity index (χ1) is 9.59. The van der Waals surface area contributed by atoms with Gasteiger partial charge < -0.3 is 0 Å². The first-order valence-electron chi connectivity index (χ1n) is 6.01. The van der Waals surface area contributed by atoms with Crippen molar-refractivity contribution in [3.8, 4) is 5.69 Å². The summed E-state index contributed by atoms with van der Waals surface area (Å²) in [5.74, 6) is 0. The quantitative estimate of drug-likeness (QED) is 0.529. The number of non-ortho nitro benzene ring substituents is 1. The van der Waals surface area contributed by atoms with Crippen LogP contribution in [0.5, 0.6) is 0 Å². The van der Waals surface area contributed by atoms with Crippen LogP contribution in [0.2, 0.25) is 0 Å². The Morgan fingerprint density at radius 3 is 2.40 bits per heavy atom. The first kappa shape index (κ1) is 12.2. The summed E-state index contributed by atoms with van der Waals surface area (Å²) in [6.07, 6.45) is 0. The molecule has 20 heavy (non-hydrogen) atoms. The zero-order valence-corrected chi connectivity index (χ0v) is 10.7. The third-order valence-corrected chi connectivity index (χ3v) is 3.26. The van der Waals surface area contributed by atoms with E-state index in [1.165, 1.54) is 21.3 Å². The third-order valence-electron chi connectivity index (χ3n) is 3.26. The molecule has 3 rings (SSSR count). The Morgan fingerprint density at radius 1 is 1.05 bits per heavy atom. The van der Waals surface area contributed by atoms with Gasteiger partial charge in [0.05, 0.1) is 21.6 Å². The highest BCUT2D eigenvalue weighted by Crippen LogP contribution is 2.22. The minimum Gasteiger partial charge on any atom is -0.295 e. The van der Waals surface area contributed by atoms with Crippen LogP contribution in [0.1, 0.15) is 0 Å². The summed E-state index contributed by atoms with van der Waals surface area (Å²) < 4.78 is 2.95. The largest absolute Gasteiger partial charge is 0.333 e. The minimum atomic E-state index is -0.466. The molecule has 0 aliphatic heterocycles. The molecule has 100 valence electrons. The predicted octanol–water partition coefficient (Wildman–Crippen LogP) is 2.24. The molecule has 0 saturated heterocycles. The van der Waals surface area contributed by atoms with Crippen molar-refractivity contribution in [1.82, 2.24) is 9.13 Å². The van der Waals surface area contributed by atoms with E-state index in [-0.39, 0.29) is 11.4 Å². The average molecular weight is 269 g/mol. The maximum atomic E-state index is 12.3. The molecule has 6 heteroatoms. The maximum absolute atomic E-state index is 12.3. The van der Waals surface area contributed by atoms with E-state index >= 15 is 0 Å². The smallest absolute Gasteiger partial charge is 0.295 e. The molecule has 0 saturated carbocycles. The van der Waals surface area contributed by atoms with Crippen LogP contribution < -0.4 is 5.69 Å². The number of nitro groups is 1. The number of benzene rings is 2. The standard InChI is InChI=1S/C14H11N3O3/c1-15-12-8-7-11(17(19)20)9-13(12)16(14(15)18)10-5-3-2-4-6-10/h2-9H,1H3. The molecule has 0 amide bonds. The topological polar surface area (TPSA) is 70.1 Å². The molecule has 0 N–H and O–H groups in total. The van der Waals surface area contributed by atoms with Crippen molar-refractivity contribution in [2.24, 2.45) is 7.05 Å². The summed E-state index contributed by atoms with van der Waals surface area (Å²) in [7, 11) is 1.65. The van der Waals surface area contributed by atoms with Crippen molar-refractivity contribution < 1.29 is 4.92 Å². The van der Waals surface area contributed by atoms with Crippen molar-refractivity contribution in [3.05, 3.63) is 69.1 Å². The van der Waals surface area contributed by atoms with Gasteiger partial charge in [0.1, 0.15) is 0 Å². The Bertz CT molecular complexity index is 862. The number of rotatable bonds is 2. The van der Waals surface area contributed by atoms with Crippen molar-refractivity contribution in [3.63, 3.8) is 0 Å². The van der Waals surface area contributed by atoms with Gasteiger partial charge >= 0.3 is 5.69 Å². The van der Waals surface area contributed by atoms with Gasteiger partial charge in [0.2, 0.25) is 0 Å². The van der Waals surface area contributed by atoms with Crippen LogP contribution in [0, 0.1) is 10.1 Å². The maximum Gasteiger partial charge on any atom is 0.333 e. The molecule has 0 aliphatic carbocycles. The second-order valence-electron chi connectivity index (χ2n) is 4.44. The molecule has 0 aliphatic rings. The number of fused-ring (bicyclic) bond motifs is 1. The van der Waals surface area contributed by atoms with E-state index in [1.54, 1.807) is 25.2 Å². The SMILES string of the molecule is Cn1c(=O)n(-c2ccccc2)c2cc([N+](=O)[O-])ccc21. The Kier molecular flexibility index (Phi) is 2.64. The van der Waals surface area contributed by atoms with Crippen LogP contribution in [-0.2, 0) is 7.05 Å². The fourth-order valence-corrected chi connectivity index (χ4v) is 2.27. The van der Waals surface area contributed by atoms with Crippen LogP contribution in [0.4, 0.5) is 5.69 Å². The number of nitrogens with zero attached hydrogens (tertiary/aromatic N) is 3. The number of aryl methyl sites for hydroxylation is 1. The van der Waals surface area contributed by atoms with Crippen LogP contribution in [0.3, 0.4) is 0 Å². The monoisotopic (exact) mass is 269 g/mol. The van der Waals surface area contributed by atoms with E-state index in [9.17, 15) is 14.9 Å². The molecule has 1 heterocycles.